The van der Waals surface area contributed by atoms with Crippen LogP contribution in [0.15, 0.2) is 48.8 Å². The lowest BCUT2D eigenvalue weighted by Crippen LogP contribution is -2.64. The number of carbonyl (C=O) groups is 3. The Hall–Kier alpha value is -4.21. The summed E-state index contributed by atoms with van der Waals surface area (Å²) < 4.78 is 25.5. The summed E-state index contributed by atoms with van der Waals surface area (Å²) in [5, 5.41) is 2.89. The van der Waals surface area contributed by atoms with E-state index in [-0.39, 0.29) is 24.5 Å². The molecule has 2 amide bonds. The minimum atomic E-state index is -1.43. The minimum absolute atomic E-state index is 0.00409. The van der Waals surface area contributed by atoms with Crippen LogP contribution in [0.3, 0.4) is 0 Å². The topological polar surface area (TPSA) is 103 Å². The van der Waals surface area contributed by atoms with E-state index in [9.17, 15) is 18.8 Å². The summed E-state index contributed by atoms with van der Waals surface area (Å²) in [6, 6.07) is 11.2. The molecule has 2 aromatic carbocycles. The number of aromatic nitrogens is 2. The zero-order chi connectivity index (χ0) is 25.3. The number of hydrogen-bond donors (Lipinski definition) is 1. The van der Waals surface area contributed by atoms with Gasteiger partial charge in [0, 0.05) is 17.8 Å². The molecule has 4 rings (SSSR count). The molecule has 0 radical (unpaired) electrons. The molecule has 0 saturated carbocycles. The molecular formula is C25H25FN4O5. The van der Waals surface area contributed by atoms with E-state index < -0.39 is 29.1 Å². The van der Waals surface area contributed by atoms with Gasteiger partial charge < -0.3 is 19.4 Å². The predicted molar refractivity (Wildman–Crippen MR) is 125 cm³/mol. The van der Waals surface area contributed by atoms with Gasteiger partial charge in [-0.05, 0) is 43.7 Å². The molecule has 182 valence electrons. The summed E-state index contributed by atoms with van der Waals surface area (Å²) in [6.07, 6.45) is 1.33. The zero-order valence-electron chi connectivity index (χ0n) is 19.8. The third kappa shape index (κ3) is 4.11. The lowest BCUT2D eigenvalue weighted by molar-refractivity contribution is -0.126. The quantitative estimate of drug-likeness (QED) is 0.545. The summed E-state index contributed by atoms with van der Waals surface area (Å²) in [5.74, 6) is -1.70. The van der Waals surface area contributed by atoms with Crippen molar-refractivity contribution in [3.8, 4) is 5.75 Å². The number of aryl methyl sites for hydroxylation is 1. The van der Waals surface area contributed by atoms with Crippen molar-refractivity contribution in [1.29, 1.82) is 0 Å². The summed E-state index contributed by atoms with van der Waals surface area (Å²) in [4.78, 5) is 45.1. The van der Waals surface area contributed by atoms with E-state index in [0.29, 0.717) is 17.0 Å². The van der Waals surface area contributed by atoms with Crippen molar-refractivity contribution in [2.45, 2.75) is 32.5 Å². The van der Waals surface area contributed by atoms with E-state index >= 15 is 0 Å². The second-order valence-corrected chi connectivity index (χ2v) is 8.40. The highest BCUT2D eigenvalue weighted by molar-refractivity contribution is 6.15. The fourth-order valence-corrected chi connectivity index (χ4v) is 4.34. The van der Waals surface area contributed by atoms with Crippen molar-refractivity contribution >= 4 is 23.5 Å². The van der Waals surface area contributed by atoms with Gasteiger partial charge in [0.05, 0.1) is 27.1 Å². The van der Waals surface area contributed by atoms with Crippen molar-refractivity contribution in [2.75, 3.05) is 19.1 Å². The van der Waals surface area contributed by atoms with Crippen molar-refractivity contribution < 1.29 is 28.2 Å². The van der Waals surface area contributed by atoms with Crippen LogP contribution in [-0.4, -0.2) is 47.1 Å². The maximum atomic E-state index is 13.9. The molecule has 1 atom stereocenters. The molecule has 10 heteroatoms. The average Bonchev–Trinajstić information content (AvgIpc) is 3.27. The summed E-state index contributed by atoms with van der Waals surface area (Å²) in [6.45, 7) is 3.43. The van der Waals surface area contributed by atoms with Crippen molar-refractivity contribution in [2.24, 2.45) is 0 Å². The molecule has 0 saturated heterocycles. The van der Waals surface area contributed by atoms with Gasteiger partial charge in [-0.1, -0.05) is 18.2 Å². The van der Waals surface area contributed by atoms with Gasteiger partial charge in [-0.3, -0.25) is 14.5 Å². The first-order chi connectivity index (χ1) is 16.7. The average molecular weight is 480 g/mol. The Kier molecular flexibility index (Phi) is 6.29. The number of esters is 1. The Morgan fingerprint density at radius 2 is 1.94 bits per heavy atom. The van der Waals surface area contributed by atoms with Gasteiger partial charge in [0.2, 0.25) is 5.91 Å². The van der Waals surface area contributed by atoms with Gasteiger partial charge in [0.25, 0.3) is 5.91 Å². The molecule has 0 bridgehead atoms. The van der Waals surface area contributed by atoms with Crippen LogP contribution < -0.4 is 15.0 Å². The number of benzene rings is 2. The second-order valence-electron chi connectivity index (χ2n) is 8.40. The Labute approximate surface area is 201 Å². The Balaban J connectivity index is 1.78. The van der Waals surface area contributed by atoms with E-state index in [2.05, 4.69) is 10.3 Å². The van der Waals surface area contributed by atoms with Gasteiger partial charge in [-0.25, -0.2) is 14.2 Å². The number of ether oxygens (including phenoxy) is 2. The monoisotopic (exact) mass is 480 g/mol. The van der Waals surface area contributed by atoms with Crippen molar-refractivity contribution in [3.63, 3.8) is 0 Å². The van der Waals surface area contributed by atoms with Gasteiger partial charge in [0.1, 0.15) is 22.8 Å². The van der Waals surface area contributed by atoms with Crippen LogP contribution >= 0.6 is 0 Å². The molecule has 3 aromatic rings. The first kappa shape index (κ1) is 23.9. The highest BCUT2D eigenvalue weighted by Crippen LogP contribution is 2.36. The normalized spacial score (nSPS) is 17.1. The summed E-state index contributed by atoms with van der Waals surface area (Å²) in [7, 11) is 2.74. The Morgan fingerprint density at radius 3 is 2.63 bits per heavy atom. The number of imidazole rings is 1. The highest BCUT2D eigenvalue weighted by atomic mass is 19.1. The fraction of sp³-hybridized carbons (Fsp3) is 0.280. The lowest BCUT2D eigenvalue weighted by atomic mass is 9.92. The second kappa shape index (κ2) is 9.21. The smallest absolute Gasteiger partial charge is 0.359 e. The van der Waals surface area contributed by atoms with Crippen LogP contribution in [-0.2, 0) is 22.6 Å². The van der Waals surface area contributed by atoms with Crippen LogP contribution in [0, 0.1) is 12.7 Å². The number of anilines is 1. The number of fused-ring (bicyclic) bond motifs is 1. The van der Waals surface area contributed by atoms with Gasteiger partial charge >= 0.3 is 5.97 Å². The van der Waals surface area contributed by atoms with Crippen molar-refractivity contribution in [1.82, 2.24) is 14.9 Å². The molecule has 1 aliphatic rings. The Morgan fingerprint density at radius 1 is 1.20 bits per heavy atom. The number of rotatable bonds is 6. The molecule has 0 spiro atoms. The first-order valence-electron chi connectivity index (χ1n) is 10.9. The van der Waals surface area contributed by atoms with Crippen LogP contribution in [0.25, 0.3) is 0 Å². The number of hydrogen-bond acceptors (Lipinski definition) is 6. The third-order valence-electron chi connectivity index (χ3n) is 6.11. The number of nitrogens with zero attached hydrogens (tertiary/aromatic N) is 3. The number of carbonyl (C=O) groups excluding carboxylic acids is 3. The highest BCUT2D eigenvalue weighted by Gasteiger charge is 2.50. The summed E-state index contributed by atoms with van der Waals surface area (Å²) in [5.41, 5.74) is -0.0310. The number of methoxy groups -OCH3 is 2. The molecule has 2 heterocycles. The molecule has 1 aliphatic heterocycles. The Bertz CT molecular complexity index is 1320. The number of amides is 2. The largest absolute Gasteiger partial charge is 0.496 e. The molecule has 0 aliphatic carbocycles. The number of halogens is 1. The maximum Gasteiger partial charge on any atom is 0.359 e. The SMILES string of the molecule is COC(=O)c1ncn2c1C(=O)N(c1ccc(F)cc1C)[C@@](C)(C(=O)NCc1ccccc1OC)C2. The van der Waals surface area contributed by atoms with Crippen molar-refractivity contribution in [3.05, 3.63) is 77.1 Å². The van der Waals surface area contributed by atoms with E-state index in [1.54, 1.807) is 27.0 Å². The molecule has 1 aromatic heterocycles. The molecule has 0 unspecified atom stereocenters. The lowest BCUT2D eigenvalue weighted by Gasteiger charge is -2.44. The maximum absolute atomic E-state index is 13.9. The molecule has 9 nitrogen and oxygen atoms in total. The molecule has 0 fully saturated rings. The van der Waals surface area contributed by atoms with Gasteiger partial charge in [0.15, 0.2) is 5.69 Å². The first-order valence-corrected chi connectivity index (χ1v) is 10.9. The third-order valence-corrected chi connectivity index (χ3v) is 6.11. The van der Waals surface area contributed by atoms with Crippen LogP contribution in [0.2, 0.25) is 0 Å². The molecule has 35 heavy (non-hydrogen) atoms. The van der Waals surface area contributed by atoms with E-state index in [4.69, 9.17) is 9.47 Å². The minimum Gasteiger partial charge on any atom is -0.496 e. The van der Waals surface area contributed by atoms with E-state index in [1.807, 2.05) is 18.2 Å². The zero-order valence-corrected chi connectivity index (χ0v) is 19.8. The van der Waals surface area contributed by atoms with Crippen LogP contribution in [0.5, 0.6) is 5.75 Å². The standard InChI is InChI=1S/C25H25FN4O5/c1-15-11-17(26)9-10-18(15)30-22(31)21-20(23(32)35-4)28-14-29(21)13-25(30,2)24(33)27-12-16-7-5-6-8-19(16)34-3/h5-11,14H,12-13H2,1-4H3,(H,27,33)/t25-/m1/s1. The number of para-hydroxylation sites is 1. The van der Waals surface area contributed by atoms with Gasteiger partial charge in [-0.15, -0.1) is 0 Å². The van der Waals surface area contributed by atoms with Crippen LogP contribution in [0.4, 0.5) is 10.1 Å². The molecule has 1 N–H and O–H groups in total. The number of nitrogens with one attached hydrogen (secondary N) is 1. The van der Waals surface area contributed by atoms with E-state index in [1.165, 1.54) is 41.1 Å². The predicted octanol–water partition coefficient (Wildman–Crippen LogP) is 2.86. The van der Waals surface area contributed by atoms with Crippen LogP contribution in [0.1, 0.15) is 39.0 Å². The fourth-order valence-electron chi connectivity index (χ4n) is 4.34. The summed E-state index contributed by atoms with van der Waals surface area (Å²) >= 11 is 0. The van der Waals surface area contributed by atoms with Gasteiger partial charge in [-0.2, -0.15) is 0 Å². The van der Waals surface area contributed by atoms with E-state index in [0.717, 1.165) is 5.56 Å². The molecular weight excluding hydrogens is 455 g/mol.